The second-order valence-electron chi connectivity index (χ2n) is 2.54. The molecule has 0 atom stereocenters. The Balaban J connectivity index is 2.80. The number of fused-ring (bicyclic) bond motifs is 1. The van der Waals surface area contributed by atoms with Crippen LogP contribution in [0.2, 0.25) is 0 Å². The molecule has 3 heteroatoms. The fraction of sp³-hybridized carbons (Fsp3) is 0.375. The summed E-state index contributed by atoms with van der Waals surface area (Å²) in [6, 6.07) is 2.13. The summed E-state index contributed by atoms with van der Waals surface area (Å²) in [6.07, 6.45) is 0. The van der Waals surface area contributed by atoms with Crippen molar-refractivity contribution in [2.24, 2.45) is 0 Å². The van der Waals surface area contributed by atoms with Crippen molar-refractivity contribution in [2.45, 2.75) is 20.4 Å². The first kappa shape index (κ1) is 6.85. The maximum Gasteiger partial charge on any atom is 0.121 e. The Hall–Kier alpha value is -0.830. The van der Waals surface area contributed by atoms with Gasteiger partial charge in [0, 0.05) is 11.9 Å². The monoisotopic (exact) mass is 166 g/mol. The highest BCUT2D eigenvalue weighted by atomic mass is 32.1. The molecular formula is C8H10N2S. The zero-order valence-corrected chi connectivity index (χ0v) is 7.48. The SMILES string of the molecule is CCn1nc(C)c2ccsc21. The standard InChI is InChI=1S/C8H10N2S/c1-3-10-8-7(4-5-11-8)6(2)9-10/h4-5H,3H2,1-2H3. The summed E-state index contributed by atoms with van der Waals surface area (Å²) >= 11 is 1.76. The van der Waals surface area contributed by atoms with Crippen LogP contribution >= 0.6 is 11.3 Å². The Bertz CT molecular complexity index is 372. The smallest absolute Gasteiger partial charge is 0.121 e. The molecule has 0 bridgehead atoms. The third-order valence-corrected chi connectivity index (χ3v) is 2.77. The Morgan fingerprint density at radius 1 is 1.64 bits per heavy atom. The summed E-state index contributed by atoms with van der Waals surface area (Å²) in [5.41, 5.74) is 1.14. The third-order valence-electron chi connectivity index (χ3n) is 1.84. The van der Waals surface area contributed by atoms with Crippen LogP contribution in [0.4, 0.5) is 0 Å². The summed E-state index contributed by atoms with van der Waals surface area (Å²) in [5.74, 6) is 0. The lowest BCUT2D eigenvalue weighted by atomic mass is 10.3. The fourth-order valence-corrected chi connectivity index (χ4v) is 2.24. The van der Waals surface area contributed by atoms with E-state index in [2.05, 4.69) is 35.1 Å². The topological polar surface area (TPSA) is 17.8 Å². The highest BCUT2D eigenvalue weighted by Crippen LogP contribution is 2.23. The molecule has 0 aromatic carbocycles. The Kier molecular flexibility index (Phi) is 1.46. The van der Waals surface area contributed by atoms with Gasteiger partial charge in [-0.15, -0.1) is 11.3 Å². The average molecular weight is 166 g/mol. The molecule has 58 valence electrons. The molecule has 0 spiro atoms. The predicted molar refractivity (Wildman–Crippen MR) is 48.0 cm³/mol. The van der Waals surface area contributed by atoms with Gasteiger partial charge >= 0.3 is 0 Å². The van der Waals surface area contributed by atoms with E-state index in [4.69, 9.17) is 0 Å². The van der Waals surface area contributed by atoms with E-state index in [1.54, 1.807) is 11.3 Å². The summed E-state index contributed by atoms with van der Waals surface area (Å²) in [7, 11) is 0. The summed E-state index contributed by atoms with van der Waals surface area (Å²) in [6.45, 7) is 5.14. The van der Waals surface area contributed by atoms with Crippen LogP contribution in [-0.2, 0) is 6.54 Å². The van der Waals surface area contributed by atoms with Crippen molar-refractivity contribution in [3.05, 3.63) is 17.1 Å². The summed E-state index contributed by atoms with van der Waals surface area (Å²) in [5, 5.41) is 7.81. The van der Waals surface area contributed by atoms with Gasteiger partial charge in [-0.3, -0.25) is 4.68 Å². The van der Waals surface area contributed by atoms with Crippen LogP contribution in [0.1, 0.15) is 12.6 Å². The van der Waals surface area contributed by atoms with E-state index in [1.165, 1.54) is 10.2 Å². The van der Waals surface area contributed by atoms with Gasteiger partial charge in [0.25, 0.3) is 0 Å². The van der Waals surface area contributed by atoms with E-state index in [1.807, 2.05) is 0 Å². The number of thiophene rings is 1. The molecule has 11 heavy (non-hydrogen) atoms. The molecule has 2 rings (SSSR count). The molecule has 0 saturated heterocycles. The largest absolute Gasteiger partial charge is 0.255 e. The minimum atomic E-state index is 0.963. The van der Waals surface area contributed by atoms with Crippen LogP contribution in [0.15, 0.2) is 11.4 Å². The summed E-state index contributed by atoms with van der Waals surface area (Å²) in [4.78, 5) is 1.30. The molecule has 2 heterocycles. The Morgan fingerprint density at radius 3 is 3.18 bits per heavy atom. The predicted octanol–water partition coefficient (Wildman–Crippen LogP) is 2.43. The van der Waals surface area contributed by atoms with Crippen LogP contribution in [0.5, 0.6) is 0 Å². The minimum absolute atomic E-state index is 0.963. The number of nitrogens with zero attached hydrogens (tertiary/aromatic N) is 2. The van der Waals surface area contributed by atoms with Crippen molar-refractivity contribution in [3.63, 3.8) is 0 Å². The van der Waals surface area contributed by atoms with Crippen molar-refractivity contribution < 1.29 is 0 Å². The lowest BCUT2D eigenvalue weighted by molar-refractivity contribution is 0.680. The molecule has 2 aromatic rings. The number of aromatic nitrogens is 2. The molecule has 0 unspecified atom stereocenters. The zero-order chi connectivity index (χ0) is 7.84. The molecule has 0 aliphatic heterocycles. The van der Waals surface area contributed by atoms with Crippen LogP contribution < -0.4 is 0 Å². The van der Waals surface area contributed by atoms with Gasteiger partial charge in [-0.05, 0) is 25.3 Å². The number of aryl methyl sites for hydroxylation is 2. The first-order chi connectivity index (χ1) is 5.33. The fourth-order valence-electron chi connectivity index (χ4n) is 1.27. The average Bonchev–Trinajstić information content (AvgIpc) is 2.54. The van der Waals surface area contributed by atoms with Crippen LogP contribution in [0.3, 0.4) is 0 Å². The molecule has 0 aliphatic rings. The molecule has 0 radical (unpaired) electrons. The van der Waals surface area contributed by atoms with Crippen molar-refractivity contribution in [1.29, 1.82) is 0 Å². The highest BCUT2D eigenvalue weighted by molar-refractivity contribution is 7.16. The van der Waals surface area contributed by atoms with Gasteiger partial charge in [0.15, 0.2) is 0 Å². The molecule has 2 nitrogen and oxygen atoms in total. The Labute approximate surface area is 69.5 Å². The van der Waals surface area contributed by atoms with Gasteiger partial charge < -0.3 is 0 Å². The zero-order valence-electron chi connectivity index (χ0n) is 6.66. The van der Waals surface area contributed by atoms with Crippen molar-refractivity contribution in [2.75, 3.05) is 0 Å². The second-order valence-corrected chi connectivity index (χ2v) is 3.44. The van der Waals surface area contributed by atoms with Crippen LogP contribution in [0.25, 0.3) is 10.2 Å². The van der Waals surface area contributed by atoms with Gasteiger partial charge in [0.05, 0.1) is 5.69 Å². The lowest BCUT2D eigenvalue weighted by Gasteiger charge is -1.92. The second kappa shape index (κ2) is 2.34. The quantitative estimate of drug-likeness (QED) is 0.636. The van der Waals surface area contributed by atoms with E-state index in [0.29, 0.717) is 0 Å². The molecule has 0 amide bonds. The number of rotatable bonds is 1. The molecular weight excluding hydrogens is 156 g/mol. The highest BCUT2D eigenvalue weighted by Gasteiger charge is 2.05. The third kappa shape index (κ3) is 0.878. The molecule has 0 N–H and O–H groups in total. The molecule has 0 saturated carbocycles. The molecule has 0 aliphatic carbocycles. The summed E-state index contributed by atoms with van der Waals surface area (Å²) < 4.78 is 2.05. The van der Waals surface area contributed by atoms with Crippen LogP contribution in [-0.4, -0.2) is 9.78 Å². The van der Waals surface area contributed by atoms with Gasteiger partial charge in [0.2, 0.25) is 0 Å². The van der Waals surface area contributed by atoms with Crippen molar-refractivity contribution in [1.82, 2.24) is 9.78 Å². The Morgan fingerprint density at radius 2 is 2.45 bits per heavy atom. The van der Waals surface area contributed by atoms with E-state index >= 15 is 0 Å². The van der Waals surface area contributed by atoms with E-state index in [9.17, 15) is 0 Å². The number of hydrogen-bond donors (Lipinski definition) is 0. The normalized spacial score (nSPS) is 11.1. The van der Waals surface area contributed by atoms with Gasteiger partial charge in [0.1, 0.15) is 4.83 Å². The van der Waals surface area contributed by atoms with Gasteiger partial charge in [-0.1, -0.05) is 0 Å². The van der Waals surface area contributed by atoms with E-state index in [0.717, 1.165) is 12.2 Å². The molecule has 2 aromatic heterocycles. The van der Waals surface area contributed by atoms with E-state index in [-0.39, 0.29) is 0 Å². The first-order valence-corrected chi connectivity index (χ1v) is 4.61. The van der Waals surface area contributed by atoms with Crippen LogP contribution in [0, 0.1) is 6.92 Å². The lowest BCUT2D eigenvalue weighted by Crippen LogP contribution is -1.94. The number of hydrogen-bond acceptors (Lipinski definition) is 2. The van der Waals surface area contributed by atoms with Crippen molar-refractivity contribution in [3.8, 4) is 0 Å². The van der Waals surface area contributed by atoms with Gasteiger partial charge in [-0.25, -0.2) is 0 Å². The minimum Gasteiger partial charge on any atom is -0.255 e. The molecule has 0 fully saturated rings. The maximum atomic E-state index is 4.40. The van der Waals surface area contributed by atoms with Gasteiger partial charge in [-0.2, -0.15) is 5.10 Å². The van der Waals surface area contributed by atoms with Crippen molar-refractivity contribution >= 4 is 21.6 Å². The first-order valence-electron chi connectivity index (χ1n) is 3.73. The van der Waals surface area contributed by atoms with E-state index < -0.39 is 0 Å². The maximum absolute atomic E-state index is 4.40.